The number of rotatable bonds is 3. The lowest BCUT2D eigenvalue weighted by molar-refractivity contribution is -0.612. The molecule has 0 spiro atoms. The third-order valence-electron chi connectivity index (χ3n) is 4.39. The topological polar surface area (TPSA) is 80.9 Å². The number of benzene rings is 1. The Hall–Kier alpha value is -3.16. The van der Waals surface area contributed by atoms with Gasteiger partial charge in [-0.2, -0.15) is 0 Å². The summed E-state index contributed by atoms with van der Waals surface area (Å²) in [5.41, 5.74) is 2.31. The Morgan fingerprint density at radius 1 is 1.00 bits per heavy atom. The summed E-state index contributed by atoms with van der Waals surface area (Å²) in [6, 6.07) is 15.1. The molecular formula is C21H15ClN3O3S+. The van der Waals surface area contributed by atoms with Gasteiger partial charge in [0, 0.05) is 46.8 Å². The SMILES string of the molecule is CS(=O)(=O)c1cccc[n+]1C(=O)c1ccc2cncc(-c3ccc(Cl)cc3)c2n1. The normalized spacial score (nSPS) is 11.5. The average Bonchev–Trinajstić information content (AvgIpc) is 2.72. The molecule has 0 saturated carbocycles. The standard InChI is InChI=1S/C21H15ClN3O3S/c1-29(27,28)19-4-2-3-11-25(19)21(26)18-10-7-15-12-23-13-17(20(15)24-18)14-5-8-16(22)9-6-14/h2-13H,1H3/q+1. The molecule has 144 valence electrons. The van der Waals surface area contributed by atoms with Crippen molar-refractivity contribution >= 4 is 38.2 Å². The number of pyridine rings is 3. The molecule has 3 aromatic heterocycles. The Labute approximate surface area is 172 Å². The van der Waals surface area contributed by atoms with E-state index in [4.69, 9.17) is 11.6 Å². The molecule has 0 saturated heterocycles. The smallest absolute Gasteiger partial charge is 0.263 e. The van der Waals surface area contributed by atoms with E-state index in [-0.39, 0.29) is 10.7 Å². The van der Waals surface area contributed by atoms with E-state index in [1.807, 2.05) is 12.1 Å². The van der Waals surface area contributed by atoms with Crippen molar-refractivity contribution in [1.29, 1.82) is 0 Å². The molecular weight excluding hydrogens is 410 g/mol. The maximum Gasteiger partial charge on any atom is 0.444 e. The summed E-state index contributed by atoms with van der Waals surface area (Å²) in [5, 5.41) is 1.27. The molecule has 0 amide bonds. The number of carbonyl (C=O) groups excluding carboxylic acids is 1. The van der Waals surface area contributed by atoms with Gasteiger partial charge in [0.1, 0.15) is 0 Å². The second-order valence-corrected chi connectivity index (χ2v) is 8.85. The number of aromatic nitrogens is 3. The summed E-state index contributed by atoms with van der Waals surface area (Å²) in [7, 11) is -3.59. The van der Waals surface area contributed by atoms with Crippen molar-refractivity contribution in [1.82, 2.24) is 9.97 Å². The quantitative estimate of drug-likeness (QED) is 0.471. The van der Waals surface area contributed by atoms with Crippen LogP contribution in [0.5, 0.6) is 0 Å². The molecule has 29 heavy (non-hydrogen) atoms. The van der Waals surface area contributed by atoms with Gasteiger partial charge in [-0.1, -0.05) is 23.7 Å². The first-order valence-electron chi connectivity index (χ1n) is 8.61. The van der Waals surface area contributed by atoms with Gasteiger partial charge in [-0.3, -0.25) is 4.98 Å². The van der Waals surface area contributed by atoms with Crippen molar-refractivity contribution in [3.63, 3.8) is 0 Å². The lowest BCUT2D eigenvalue weighted by atomic mass is 10.0. The van der Waals surface area contributed by atoms with Crippen LogP contribution in [0, 0.1) is 0 Å². The second kappa shape index (κ2) is 7.35. The molecule has 0 bridgehead atoms. The van der Waals surface area contributed by atoms with Crippen molar-refractivity contribution < 1.29 is 17.8 Å². The Morgan fingerprint density at radius 2 is 1.76 bits per heavy atom. The van der Waals surface area contributed by atoms with Crippen LogP contribution >= 0.6 is 11.6 Å². The van der Waals surface area contributed by atoms with Gasteiger partial charge in [-0.25, -0.2) is 18.2 Å². The maximum atomic E-state index is 13.1. The van der Waals surface area contributed by atoms with Gasteiger partial charge in [-0.05, 0) is 35.9 Å². The van der Waals surface area contributed by atoms with Crippen molar-refractivity contribution in [3.8, 4) is 11.1 Å². The third-order valence-corrected chi connectivity index (χ3v) is 5.74. The summed E-state index contributed by atoms with van der Waals surface area (Å²) in [5.74, 6) is -0.535. The van der Waals surface area contributed by atoms with Crippen LogP contribution in [0.1, 0.15) is 10.5 Å². The van der Waals surface area contributed by atoms with Crippen LogP contribution < -0.4 is 4.57 Å². The second-order valence-electron chi connectivity index (χ2n) is 6.45. The number of halogens is 1. The molecule has 0 atom stereocenters. The van der Waals surface area contributed by atoms with E-state index in [0.29, 0.717) is 10.5 Å². The molecule has 6 nitrogen and oxygen atoms in total. The van der Waals surface area contributed by atoms with Crippen LogP contribution in [0.3, 0.4) is 0 Å². The lowest BCUT2D eigenvalue weighted by Crippen LogP contribution is -2.47. The van der Waals surface area contributed by atoms with E-state index in [1.165, 1.54) is 12.3 Å². The molecule has 0 aliphatic carbocycles. The van der Waals surface area contributed by atoms with E-state index in [2.05, 4.69) is 9.97 Å². The third kappa shape index (κ3) is 3.74. The Morgan fingerprint density at radius 3 is 2.48 bits per heavy atom. The van der Waals surface area contributed by atoms with Gasteiger partial charge in [0.05, 0.1) is 5.52 Å². The largest absolute Gasteiger partial charge is 0.444 e. The van der Waals surface area contributed by atoms with E-state index >= 15 is 0 Å². The monoisotopic (exact) mass is 424 g/mol. The Bertz CT molecular complexity index is 1350. The molecule has 0 unspecified atom stereocenters. The highest BCUT2D eigenvalue weighted by Gasteiger charge is 2.29. The highest BCUT2D eigenvalue weighted by Crippen LogP contribution is 2.27. The van der Waals surface area contributed by atoms with Gasteiger partial charge in [-0.15, -0.1) is 4.57 Å². The highest BCUT2D eigenvalue weighted by atomic mass is 35.5. The first-order valence-corrected chi connectivity index (χ1v) is 10.9. The van der Waals surface area contributed by atoms with Crippen molar-refractivity contribution in [2.45, 2.75) is 5.03 Å². The summed E-state index contributed by atoms with van der Waals surface area (Å²) in [6.07, 6.45) is 5.81. The minimum atomic E-state index is -3.59. The molecule has 0 radical (unpaired) electrons. The average molecular weight is 425 g/mol. The van der Waals surface area contributed by atoms with Gasteiger partial charge >= 0.3 is 10.9 Å². The zero-order valence-electron chi connectivity index (χ0n) is 15.3. The van der Waals surface area contributed by atoms with Gasteiger partial charge in [0.25, 0.3) is 0 Å². The molecule has 4 rings (SSSR count). The maximum absolute atomic E-state index is 13.1. The molecule has 4 aromatic rings. The van der Waals surface area contributed by atoms with Crippen molar-refractivity contribution in [3.05, 3.63) is 83.9 Å². The Balaban J connectivity index is 1.88. The van der Waals surface area contributed by atoms with Crippen LogP contribution in [0.2, 0.25) is 5.02 Å². The number of nitrogens with zero attached hydrogens (tertiary/aromatic N) is 3. The summed E-state index contributed by atoms with van der Waals surface area (Å²) in [6.45, 7) is 0. The minimum Gasteiger partial charge on any atom is -0.263 e. The van der Waals surface area contributed by atoms with Gasteiger partial charge in [0.2, 0.25) is 9.84 Å². The number of carbonyl (C=O) groups is 1. The number of hydrogen-bond acceptors (Lipinski definition) is 5. The van der Waals surface area contributed by atoms with Crippen LogP contribution in [-0.2, 0) is 9.84 Å². The fraction of sp³-hybridized carbons (Fsp3) is 0.0476. The van der Waals surface area contributed by atoms with E-state index < -0.39 is 15.7 Å². The molecule has 1 aromatic carbocycles. The summed E-state index contributed by atoms with van der Waals surface area (Å²) in [4.78, 5) is 21.8. The molecule has 0 N–H and O–H groups in total. The highest BCUT2D eigenvalue weighted by molar-refractivity contribution is 7.90. The van der Waals surface area contributed by atoms with Crippen LogP contribution in [0.25, 0.3) is 22.0 Å². The first-order chi connectivity index (χ1) is 13.8. The van der Waals surface area contributed by atoms with Crippen molar-refractivity contribution in [2.24, 2.45) is 0 Å². The molecule has 0 fully saturated rings. The fourth-order valence-corrected chi connectivity index (χ4v) is 3.98. The molecule has 0 aliphatic heterocycles. The summed E-state index contributed by atoms with van der Waals surface area (Å²) < 4.78 is 25.2. The van der Waals surface area contributed by atoms with E-state index in [0.717, 1.165) is 27.3 Å². The fourth-order valence-electron chi connectivity index (χ4n) is 3.02. The number of hydrogen-bond donors (Lipinski definition) is 0. The predicted molar refractivity (Wildman–Crippen MR) is 109 cm³/mol. The Kier molecular flexibility index (Phi) is 4.86. The van der Waals surface area contributed by atoms with Gasteiger partial charge in [0.15, 0.2) is 11.9 Å². The zero-order chi connectivity index (χ0) is 20.6. The number of sulfone groups is 1. The van der Waals surface area contributed by atoms with Gasteiger partial charge < -0.3 is 0 Å². The minimum absolute atomic E-state index is 0.0976. The lowest BCUT2D eigenvalue weighted by Gasteiger charge is -2.07. The molecule has 0 aliphatic rings. The van der Waals surface area contributed by atoms with Crippen LogP contribution in [0.4, 0.5) is 0 Å². The van der Waals surface area contributed by atoms with Crippen LogP contribution in [0.15, 0.2) is 78.2 Å². The van der Waals surface area contributed by atoms with E-state index in [9.17, 15) is 13.2 Å². The first kappa shape index (κ1) is 19.2. The van der Waals surface area contributed by atoms with E-state index in [1.54, 1.807) is 48.8 Å². The number of fused-ring (bicyclic) bond motifs is 1. The molecule has 3 heterocycles. The van der Waals surface area contributed by atoms with Crippen LogP contribution in [-0.4, -0.2) is 30.5 Å². The predicted octanol–water partition coefficient (Wildman–Crippen LogP) is 3.33. The summed E-state index contributed by atoms with van der Waals surface area (Å²) >= 11 is 5.98. The zero-order valence-corrected chi connectivity index (χ0v) is 16.9. The van der Waals surface area contributed by atoms with Crippen molar-refractivity contribution in [2.75, 3.05) is 6.26 Å². The molecule has 8 heteroatoms.